The van der Waals surface area contributed by atoms with Crippen LogP contribution in [0.25, 0.3) is 75.5 Å². The standard InChI is InChI=1S/C55H39NS/c1-55(2)48-24-10-8-21-45(48)46-31-30-42(35-49(46)55)56(41-19-12-18-40(34-41)44-23-13-17-38-16-6-7-20-43(38)44)50-32-33-52-54(47-22-9-11-25-51(47)57-52)53(50)39-28-26-37(27-29-39)36-14-4-3-5-15-36/h3-35H,1-2H3. The fourth-order valence-electron chi connectivity index (χ4n) is 9.29. The van der Waals surface area contributed by atoms with Crippen LogP contribution in [0, 0.1) is 0 Å². The Bertz CT molecular complexity index is 3150. The van der Waals surface area contributed by atoms with Crippen molar-refractivity contribution in [2.24, 2.45) is 0 Å². The monoisotopic (exact) mass is 745 g/mol. The highest BCUT2D eigenvalue weighted by atomic mass is 32.1. The van der Waals surface area contributed by atoms with Gasteiger partial charge in [0.05, 0.1) is 5.69 Å². The molecule has 0 N–H and O–H groups in total. The van der Waals surface area contributed by atoms with Gasteiger partial charge in [-0.05, 0) is 103 Å². The Hall–Kier alpha value is -6.74. The molecule has 0 atom stereocenters. The van der Waals surface area contributed by atoms with E-state index in [0.717, 1.165) is 17.1 Å². The molecule has 1 heterocycles. The Kier molecular flexibility index (Phi) is 7.77. The van der Waals surface area contributed by atoms with Crippen molar-refractivity contribution in [3.63, 3.8) is 0 Å². The van der Waals surface area contributed by atoms with E-state index in [4.69, 9.17) is 0 Å². The highest BCUT2D eigenvalue weighted by Gasteiger charge is 2.36. The largest absolute Gasteiger partial charge is 0.310 e. The maximum atomic E-state index is 2.51. The van der Waals surface area contributed by atoms with Gasteiger partial charge in [0.2, 0.25) is 0 Å². The molecule has 270 valence electrons. The summed E-state index contributed by atoms with van der Waals surface area (Å²) in [5.74, 6) is 0. The Balaban J connectivity index is 1.19. The van der Waals surface area contributed by atoms with Gasteiger partial charge in [0.15, 0.2) is 0 Å². The number of thiophene rings is 1. The van der Waals surface area contributed by atoms with E-state index in [2.05, 4.69) is 219 Å². The highest BCUT2D eigenvalue weighted by Crippen LogP contribution is 2.53. The zero-order valence-corrected chi connectivity index (χ0v) is 32.7. The second-order valence-corrected chi connectivity index (χ2v) is 16.8. The van der Waals surface area contributed by atoms with E-state index in [0.29, 0.717) is 0 Å². The molecule has 0 unspecified atom stereocenters. The quantitative estimate of drug-likeness (QED) is 0.164. The fourth-order valence-corrected chi connectivity index (χ4v) is 10.4. The molecule has 10 aromatic rings. The van der Waals surface area contributed by atoms with Crippen molar-refractivity contribution in [3.8, 4) is 44.5 Å². The van der Waals surface area contributed by atoms with Gasteiger partial charge in [0.1, 0.15) is 0 Å². The molecule has 2 heteroatoms. The molecule has 1 aliphatic carbocycles. The van der Waals surface area contributed by atoms with Crippen LogP contribution >= 0.6 is 11.3 Å². The smallest absolute Gasteiger partial charge is 0.0547 e. The van der Waals surface area contributed by atoms with Crippen molar-refractivity contribution in [1.29, 1.82) is 0 Å². The summed E-state index contributed by atoms with van der Waals surface area (Å²) in [7, 11) is 0. The van der Waals surface area contributed by atoms with Crippen molar-refractivity contribution in [2.75, 3.05) is 4.90 Å². The Morgan fingerprint density at radius 2 is 1.04 bits per heavy atom. The normalized spacial score (nSPS) is 12.9. The van der Waals surface area contributed by atoms with Crippen molar-refractivity contribution in [3.05, 3.63) is 211 Å². The maximum absolute atomic E-state index is 2.51. The Labute approximate surface area is 337 Å². The van der Waals surface area contributed by atoms with Crippen LogP contribution < -0.4 is 4.90 Å². The van der Waals surface area contributed by atoms with Crippen molar-refractivity contribution < 1.29 is 0 Å². The van der Waals surface area contributed by atoms with Gasteiger partial charge in [-0.2, -0.15) is 0 Å². The number of anilines is 3. The topological polar surface area (TPSA) is 3.24 Å². The molecular formula is C55H39NS. The molecule has 0 saturated carbocycles. The maximum Gasteiger partial charge on any atom is 0.0547 e. The zero-order valence-electron chi connectivity index (χ0n) is 31.9. The van der Waals surface area contributed by atoms with Crippen molar-refractivity contribution >= 4 is 59.3 Å². The molecule has 1 aliphatic rings. The third-order valence-corrected chi connectivity index (χ3v) is 13.2. The lowest BCUT2D eigenvalue weighted by Gasteiger charge is -2.30. The molecule has 0 bridgehead atoms. The van der Waals surface area contributed by atoms with E-state index in [-0.39, 0.29) is 5.41 Å². The van der Waals surface area contributed by atoms with Crippen LogP contribution in [0.15, 0.2) is 200 Å². The van der Waals surface area contributed by atoms with Crippen LogP contribution in [0.1, 0.15) is 25.0 Å². The molecule has 9 aromatic carbocycles. The zero-order chi connectivity index (χ0) is 38.1. The van der Waals surface area contributed by atoms with Crippen LogP contribution in [-0.4, -0.2) is 0 Å². The Morgan fingerprint density at radius 1 is 0.404 bits per heavy atom. The number of rotatable bonds is 6. The molecule has 0 radical (unpaired) electrons. The third-order valence-electron chi connectivity index (χ3n) is 12.1. The SMILES string of the molecule is CC1(C)c2ccccc2-c2ccc(N(c3cccc(-c4cccc5ccccc45)c3)c3ccc4sc5ccccc5c4c3-c3ccc(-c4ccccc4)cc3)cc21. The van der Waals surface area contributed by atoms with E-state index in [1.165, 1.54) is 86.6 Å². The number of fused-ring (bicyclic) bond motifs is 7. The highest BCUT2D eigenvalue weighted by molar-refractivity contribution is 7.26. The average molecular weight is 746 g/mol. The van der Waals surface area contributed by atoms with E-state index >= 15 is 0 Å². The number of hydrogen-bond acceptors (Lipinski definition) is 2. The van der Waals surface area contributed by atoms with Gasteiger partial charge in [0.25, 0.3) is 0 Å². The fraction of sp³-hybridized carbons (Fsp3) is 0.0545. The van der Waals surface area contributed by atoms with Crippen molar-refractivity contribution in [1.82, 2.24) is 0 Å². The van der Waals surface area contributed by atoms with Gasteiger partial charge < -0.3 is 4.90 Å². The second kappa shape index (κ2) is 13.2. The predicted molar refractivity (Wildman–Crippen MR) is 245 cm³/mol. The predicted octanol–water partition coefficient (Wildman–Crippen LogP) is 16.0. The second-order valence-electron chi connectivity index (χ2n) is 15.7. The van der Waals surface area contributed by atoms with Crippen LogP contribution in [-0.2, 0) is 5.41 Å². The van der Waals surface area contributed by atoms with Crippen LogP contribution in [0.5, 0.6) is 0 Å². The molecule has 57 heavy (non-hydrogen) atoms. The minimum Gasteiger partial charge on any atom is -0.310 e. The lowest BCUT2D eigenvalue weighted by molar-refractivity contribution is 0.660. The molecular weight excluding hydrogens is 707 g/mol. The van der Waals surface area contributed by atoms with Gasteiger partial charge in [-0.1, -0.05) is 172 Å². The first kappa shape index (κ1) is 33.6. The van der Waals surface area contributed by atoms with Gasteiger partial charge in [-0.3, -0.25) is 0 Å². The molecule has 0 saturated heterocycles. The first-order chi connectivity index (χ1) is 28.0. The van der Waals surface area contributed by atoms with Crippen molar-refractivity contribution in [2.45, 2.75) is 19.3 Å². The van der Waals surface area contributed by atoms with E-state index in [1.807, 2.05) is 11.3 Å². The van der Waals surface area contributed by atoms with E-state index < -0.39 is 0 Å². The summed E-state index contributed by atoms with van der Waals surface area (Å²) in [6.45, 7) is 4.74. The number of benzene rings is 9. The molecule has 0 spiro atoms. The van der Waals surface area contributed by atoms with E-state index in [1.54, 1.807) is 0 Å². The van der Waals surface area contributed by atoms with Gasteiger partial charge in [0, 0.05) is 42.5 Å². The van der Waals surface area contributed by atoms with Crippen LogP contribution in [0.2, 0.25) is 0 Å². The summed E-state index contributed by atoms with van der Waals surface area (Å²) < 4.78 is 2.59. The summed E-state index contributed by atoms with van der Waals surface area (Å²) in [5, 5.41) is 5.08. The lowest BCUT2D eigenvalue weighted by Crippen LogP contribution is -2.17. The number of hydrogen-bond donors (Lipinski definition) is 0. The van der Waals surface area contributed by atoms with E-state index in [9.17, 15) is 0 Å². The number of nitrogens with zero attached hydrogens (tertiary/aromatic N) is 1. The first-order valence-corrected chi connectivity index (χ1v) is 20.6. The Morgan fingerprint density at radius 3 is 1.91 bits per heavy atom. The van der Waals surface area contributed by atoms with Crippen LogP contribution in [0.4, 0.5) is 17.1 Å². The molecule has 0 aliphatic heterocycles. The minimum atomic E-state index is -0.137. The molecule has 0 amide bonds. The molecule has 0 fully saturated rings. The third kappa shape index (κ3) is 5.44. The summed E-state index contributed by atoms with van der Waals surface area (Å²) in [6, 6.07) is 74.0. The average Bonchev–Trinajstić information content (AvgIpc) is 3.76. The summed E-state index contributed by atoms with van der Waals surface area (Å²) in [5.41, 5.74) is 16.0. The van der Waals surface area contributed by atoms with Crippen LogP contribution in [0.3, 0.4) is 0 Å². The summed E-state index contributed by atoms with van der Waals surface area (Å²) in [4.78, 5) is 2.51. The molecule has 1 nitrogen and oxygen atoms in total. The van der Waals surface area contributed by atoms with Gasteiger partial charge in [-0.25, -0.2) is 0 Å². The van der Waals surface area contributed by atoms with Gasteiger partial charge in [-0.15, -0.1) is 11.3 Å². The van der Waals surface area contributed by atoms with Gasteiger partial charge >= 0.3 is 0 Å². The first-order valence-electron chi connectivity index (χ1n) is 19.8. The molecule has 11 rings (SSSR count). The lowest BCUT2D eigenvalue weighted by atomic mass is 9.82. The molecule has 1 aromatic heterocycles. The summed E-state index contributed by atoms with van der Waals surface area (Å²) in [6.07, 6.45) is 0. The minimum absolute atomic E-state index is 0.137. The summed E-state index contributed by atoms with van der Waals surface area (Å²) >= 11 is 1.87.